The molecule has 0 saturated heterocycles. The molecule has 1 amide bonds. The summed E-state index contributed by atoms with van der Waals surface area (Å²) < 4.78 is 5.69. The van der Waals surface area contributed by atoms with Crippen LogP contribution >= 0.6 is 0 Å². The molecule has 0 saturated carbocycles. The Hall–Kier alpha value is -4.19. The largest absolute Gasteiger partial charge is 0.484 e. The van der Waals surface area contributed by atoms with Crippen LogP contribution in [-0.4, -0.2) is 27.5 Å². The smallest absolute Gasteiger partial charge is 0.262 e. The number of amides is 1. The Morgan fingerprint density at radius 2 is 1.60 bits per heavy atom. The van der Waals surface area contributed by atoms with E-state index in [1.165, 1.54) is 5.56 Å². The van der Waals surface area contributed by atoms with E-state index in [1.807, 2.05) is 67.6 Å². The molecule has 5 aromatic rings. The highest BCUT2D eigenvalue weighted by Gasteiger charge is 2.14. The summed E-state index contributed by atoms with van der Waals surface area (Å²) >= 11 is 0. The number of aryl methyl sites for hydroxylation is 1. The van der Waals surface area contributed by atoms with Crippen molar-refractivity contribution in [2.24, 2.45) is 0 Å². The van der Waals surface area contributed by atoms with Crippen molar-refractivity contribution in [2.75, 3.05) is 11.9 Å². The summed E-state index contributed by atoms with van der Waals surface area (Å²) in [6.45, 7) is 8.36. The standard InChI is InChI=1S/C29H28N4O2/c1-19-16-25-26(32-33(31-25)27-11-7-9-20-8-5-6-10-23(20)27)17-24(19)30-28(34)18-35-22-14-12-21(13-15-22)29(2,3)4/h5-17H,18H2,1-4H3,(H,30,34). The molecule has 1 aromatic heterocycles. The minimum atomic E-state index is -0.228. The Morgan fingerprint density at radius 1 is 0.914 bits per heavy atom. The molecule has 4 aromatic carbocycles. The quantitative estimate of drug-likeness (QED) is 0.336. The molecule has 0 fully saturated rings. The Labute approximate surface area is 204 Å². The number of anilines is 1. The van der Waals surface area contributed by atoms with Gasteiger partial charge < -0.3 is 10.1 Å². The normalized spacial score (nSPS) is 11.7. The van der Waals surface area contributed by atoms with Crippen molar-refractivity contribution in [2.45, 2.75) is 33.1 Å². The molecule has 0 bridgehead atoms. The molecule has 1 N–H and O–H groups in total. The molecule has 35 heavy (non-hydrogen) atoms. The fraction of sp³-hybridized carbons (Fsp3) is 0.207. The van der Waals surface area contributed by atoms with Gasteiger partial charge in [0.25, 0.3) is 5.91 Å². The van der Waals surface area contributed by atoms with Crippen LogP contribution < -0.4 is 10.1 Å². The van der Waals surface area contributed by atoms with Crippen LogP contribution in [0.15, 0.2) is 78.9 Å². The van der Waals surface area contributed by atoms with E-state index in [9.17, 15) is 4.79 Å². The Morgan fingerprint density at radius 3 is 2.34 bits per heavy atom. The summed E-state index contributed by atoms with van der Waals surface area (Å²) in [7, 11) is 0. The number of hydrogen-bond acceptors (Lipinski definition) is 4. The third-order valence-corrected chi connectivity index (χ3v) is 6.07. The van der Waals surface area contributed by atoms with Gasteiger partial charge in [-0.3, -0.25) is 4.79 Å². The first-order valence-electron chi connectivity index (χ1n) is 11.7. The molecular formula is C29H28N4O2. The topological polar surface area (TPSA) is 69.0 Å². The second-order valence-electron chi connectivity index (χ2n) is 9.75. The number of nitrogens with one attached hydrogen (secondary N) is 1. The van der Waals surface area contributed by atoms with Gasteiger partial charge in [0.2, 0.25) is 0 Å². The van der Waals surface area contributed by atoms with Crippen LogP contribution in [-0.2, 0) is 10.2 Å². The first-order valence-corrected chi connectivity index (χ1v) is 11.7. The predicted octanol–water partition coefficient (Wildman–Crippen LogP) is 6.20. The van der Waals surface area contributed by atoms with Crippen molar-refractivity contribution in [3.8, 4) is 11.4 Å². The van der Waals surface area contributed by atoms with E-state index >= 15 is 0 Å². The van der Waals surface area contributed by atoms with Gasteiger partial charge in [-0.2, -0.15) is 0 Å². The van der Waals surface area contributed by atoms with Gasteiger partial charge in [0, 0.05) is 11.1 Å². The molecule has 5 rings (SSSR count). The van der Waals surface area contributed by atoms with E-state index in [0.29, 0.717) is 17.0 Å². The third kappa shape index (κ3) is 4.73. The van der Waals surface area contributed by atoms with Crippen molar-refractivity contribution >= 4 is 33.4 Å². The number of hydrogen-bond donors (Lipinski definition) is 1. The van der Waals surface area contributed by atoms with Gasteiger partial charge in [-0.15, -0.1) is 15.0 Å². The lowest BCUT2D eigenvalue weighted by Gasteiger charge is -2.19. The lowest BCUT2D eigenvalue weighted by atomic mass is 9.87. The summed E-state index contributed by atoms with van der Waals surface area (Å²) in [5, 5.41) is 14.5. The second-order valence-corrected chi connectivity index (χ2v) is 9.75. The highest BCUT2D eigenvalue weighted by atomic mass is 16.5. The zero-order valence-electron chi connectivity index (χ0n) is 20.4. The number of rotatable bonds is 5. The van der Waals surface area contributed by atoms with Gasteiger partial charge in [0.05, 0.1) is 5.69 Å². The van der Waals surface area contributed by atoms with Gasteiger partial charge in [0.1, 0.15) is 16.8 Å². The lowest BCUT2D eigenvalue weighted by molar-refractivity contribution is -0.118. The zero-order chi connectivity index (χ0) is 24.6. The fourth-order valence-electron chi connectivity index (χ4n) is 4.08. The summed E-state index contributed by atoms with van der Waals surface area (Å²) in [4.78, 5) is 14.3. The van der Waals surface area contributed by atoms with Crippen LogP contribution in [0.4, 0.5) is 5.69 Å². The Kier molecular flexibility index (Phi) is 5.73. The van der Waals surface area contributed by atoms with Gasteiger partial charge >= 0.3 is 0 Å². The second kappa shape index (κ2) is 8.87. The molecule has 0 radical (unpaired) electrons. The van der Waals surface area contributed by atoms with Crippen molar-refractivity contribution in [1.82, 2.24) is 15.0 Å². The van der Waals surface area contributed by atoms with Crippen LogP contribution in [0, 0.1) is 6.92 Å². The van der Waals surface area contributed by atoms with Gasteiger partial charge in [-0.1, -0.05) is 69.3 Å². The molecule has 176 valence electrons. The number of benzene rings is 4. The van der Waals surface area contributed by atoms with Gasteiger partial charge in [0.15, 0.2) is 6.61 Å². The molecule has 0 spiro atoms. The number of aromatic nitrogens is 3. The van der Waals surface area contributed by atoms with Crippen LogP contribution in [0.3, 0.4) is 0 Å². The number of carbonyl (C=O) groups is 1. The predicted molar refractivity (Wildman–Crippen MR) is 140 cm³/mol. The maximum Gasteiger partial charge on any atom is 0.262 e. The number of nitrogens with zero attached hydrogens (tertiary/aromatic N) is 3. The van der Waals surface area contributed by atoms with Crippen molar-refractivity contribution < 1.29 is 9.53 Å². The van der Waals surface area contributed by atoms with Crippen molar-refractivity contribution in [1.29, 1.82) is 0 Å². The molecule has 6 nitrogen and oxygen atoms in total. The molecule has 0 aliphatic carbocycles. The van der Waals surface area contributed by atoms with Crippen molar-refractivity contribution in [3.63, 3.8) is 0 Å². The van der Waals surface area contributed by atoms with Gasteiger partial charge in [-0.05, 0) is 59.2 Å². The minimum Gasteiger partial charge on any atom is -0.484 e. The molecule has 6 heteroatoms. The molecule has 1 heterocycles. The Bertz CT molecular complexity index is 1520. The fourth-order valence-corrected chi connectivity index (χ4v) is 4.08. The van der Waals surface area contributed by atoms with Crippen LogP contribution in [0.1, 0.15) is 31.9 Å². The number of fused-ring (bicyclic) bond motifs is 2. The van der Waals surface area contributed by atoms with E-state index in [-0.39, 0.29) is 17.9 Å². The summed E-state index contributed by atoms with van der Waals surface area (Å²) in [6.07, 6.45) is 0. The third-order valence-electron chi connectivity index (χ3n) is 6.07. The summed E-state index contributed by atoms with van der Waals surface area (Å²) in [6, 6.07) is 25.9. The maximum absolute atomic E-state index is 12.6. The van der Waals surface area contributed by atoms with Gasteiger partial charge in [-0.25, -0.2) is 0 Å². The average molecular weight is 465 g/mol. The zero-order valence-corrected chi connectivity index (χ0v) is 20.4. The van der Waals surface area contributed by atoms with E-state index in [1.54, 1.807) is 4.80 Å². The van der Waals surface area contributed by atoms with Crippen LogP contribution in [0.2, 0.25) is 0 Å². The molecule has 0 aliphatic rings. The molecule has 0 atom stereocenters. The summed E-state index contributed by atoms with van der Waals surface area (Å²) in [5.74, 6) is 0.437. The van der Waals surface area contributed by atoms with E-state index in [4.69, 9.17) is 4.74 Å². The highest BCUT2D eigenvalue weighted by molar-refractivity contribution is 5.95. The molecular weight excluding hydrogens is 436 g/mol. The monoisotopic (exact) mass is 464 g/mol. The minimum absolute atomic E-state index is 0.0710. The molecule has 0 aliphatic heterocycles. The van der Waals surface area contributed by atoms with Crippen LogP contribution in [0.5, 0.6) is 5.75 Å². The highest BCUT2D eigenvalue weighted by Crippen LogP contribution is 2.26. The van der Waals surface area contributed by atoms with E-state index < -0.39 is 0 Å². The van der Waals surface area contributed by atoms with Crippen LogP contribution in [0.25, 0.3) is 27.5 Å². The number of carbonyl (C=O) groups excluding carboxylic acids is 1. The lowest BCUT2D eigenvalue weighted by Crippen LogP contribution is -2.20. The summed E-state index contributed by atoms with van der Waals surface area (Å²) in [5.41, 5.74) is 5.27. The molecule has 0 unspecified atom stereocenters. The Balaban J connectivity index is 1.32. The van der Waals surface area contributed by atoms with Crippen molar-refractivity contribution in [3.05, 3.63) is 90.0 Å². The number of ether oxygens (including phenoxy) is 1. The van der Waals surface area contributed by atoms with E-state index in [0.717, 1.165) is 27.5 Å². The van der Waals surface area contributed by atoms with E-state index in [2.05, 4.69) is 54.5 Å². The average Bonchev–Trinajstić information content (AvgIpc) is 3.24. The first kappa shape index (κ1) is 22.6. The maximum atomic E-state index is 12.6. The SMILES string of the molecule is Cc1cc2nn(-c3cccc4ccccc34)nc2cc1NC(=O)COc1ccc(C(C)(C)C)cc1. The first-order chi connectivity index (χ1) is 16.8.